The summed E-state index contributed by atoms with van der Waals surface area (Å²) in [5.74, 6) is 0.189. The maximum Gasteiger partial charge on any atom is 0.322 e. The van der Waals surface area contributed by atoms with Gasteiger partial charge < -0.3 is 10.2 Å². The number of fused-ring (bicyclic) bond motifs is 1. The normalized spacial score (nSPS) is 16.2. The number of benzene rings is 2. The Hall–Kier alpha value is -3.14. The Balaban J connectivity index is 1.62. The smallest absolute Gasteiger partial charge is 0.319 e. The zero-order chi connectivity index (χ0) is 17.1. The quantitative estimate of drug-likeness (QED) is 0.763. The summed E-state index contributed by atoms with van der Waals surface area (Å²) in [7, 11) is 0. The molecule has 2 amide bonds. The summed E-state index contributed by atoms with van der Waals surface area (Å²) in [6.07, 6.45) is 3.35. The van der Waals surface area contributed by atoms with E-state index in [9.17, 15) is 4.79 Å². The second-order valence-corrected chi connectivity index (χ2v) is 6.21. The predicted molar refractivity (Wildman–Crippen MR) is 98.4 cm³/mol. The lowest BCUT2D eigenvalue weighted by Gasteiger charge is -2.35. The molecule has 0 bridgehead atoms. The maximum atomic E-state index is 12.7. The molecule has 1 aliphatic heterocycles. The van der Waals surface area contributed by atoms with Gasteiger partial charge in [-0.05, 0) is 28.8 Å². The molecule has 1 aromatic heterocycles. The minimum absolute atomic E-state index is 0.0818. The van der Waals surface area contributed by atoms with Crippen LogP contribution in [-0.2, 0) is 6.54 Å². The summed E-state index contributed by atoms with van der Waals surface area (Å²) < 4.78 is 0. The number of carbonyl (C=O) groups excluding carboxylic acids is 1. The highest BCUT2D eigenvalue weighted by molar-refractivity contribution is 5.89. The van der Waals surface area contributed by atoms with Crippen LogP contribution in [0.15, 0.2) is 79.1 Å². The van der Waals surface area contributed by atoms with Crippen molar-refractivity contribution in [3.8, 4) is 0 Å². The lowest BCUT2D eigenvalue weighted by Crippen LogP contribution is -2.41. The van der Waals surface area contributed by atoms with E-state index in [1.54, 1.807) is 24.5 Å². The third-order valence-electron chi connectivity index (χ3n) is 4.62. The van der Waals surface area contributed by atoms with Crippen LogP contribution in [0.2, 0.25) is 0 Å². The SMILES string of the molecule is O=C(Nc1ccncc1)N1Cc2ccccc2C(c2ccccc2)C1. The average Bonchev–Trinajstić information content (AvgIpc) is 2.68. The molecule has 1 N–H and O–H groups in total. The van der Waals surface area contributed by atoms with E-state index in [1.165, 1.54) is 16.7 Å². The second kappa shape index (κ2) is 6.77. The first-order valence-corrected chi connectivity index (χ1v) is 8.40. The molecule has 0 aliphatic carbocycles. The Morgan fingerprint density at radius 3 is 2.48 bits per heavy atom. The van der Waals surface area contributed by atoms with E-state index in [1.807, 2.05) is 29.2 Å². The van der Waals surface area contributed by atoms with E-state index in [4.69, 9.17) is 0 Å². The van der Waals surface area contributed by atoms with Crippen molar-refractivity contribution >= 4 is 11.7 Å². The molecule has 0 spiro atoms. The van der Waals surface area contributed by atoms with Gasteiger partial charge in [0.1, 0.15) is 0 Å². The lowest BCUT2D eigenvalue weighted by atomic mass is 9.85. The van der Waals surface area contributed by atoms with Gasteiger partial charge in [-0.15, -0.1) is 0 Å². The Kier molecular flexibility index (Phi) is 4.17. The predicted octanol–water partition coefficient (Wildman–Crippen LogP) is 4.26. The van der Waals surface area contributed by atoms with Gasteiger partial charge in [0.05, 0.1) is 0 Å². The number of urea groups is 1. The molecule has 2 aromatic carbocycles. The van der Waals surface area contributed by atoms with Crippen LogP contribution in [0.25, 0.3) is 0 Å². The number of hydrogen-bond donors (Lipinski definition) is 1. The molecule has 0 fully saturated rings. The topological polar surface area (TPSA) is 45.2 Å². The fraction of sp³-hybridized carbons (Fsp3) is 0.143. The number of nitrogens with one attached hydrogen (secondary N) is 1. The number of carbonyl (C=O) groups is 1. The summed E-state index contributed by atoms with van der Waals surface area (Å²) in [5, 5.41) is 2.96. The van der Waals surface area contributed by atoms with Crippen LogP contribution in [0.1, 0.15) is 22.6 Å². The Morgan fingerprint density at radius 2 is 1.68 bits per heavy atom. The van der Waals surface area contributed by atoms with E-state index in [2.05, 4.69) is 40.6 Å². The van der Waals surface area contributed by atoms with Crippen LogP contribution in [0.4, 0.5) is 10.5 Å². The number of amides is 2. The minimum Gasteiger partial charge on any atom is -0.319 e. The monoisotopic (exact) mass is 329 g/mol. The van der Waals surface area contributed by atoms with Crippen molar-refractivity contribution in [2.75, 3.05) is 11.9 Å². The Morgan fingerprint density at radius 1 is 0.960 bits per heavy atom. The molecule has 4 heteroatoms. The van der Waals surface area contributed by atoms with Crippen molar-refractivity contribution in [2.24, 2.45) is 0 Å². The molecule has 1 atom stereocenters. The fourth-order valence-corrected chi connectivity index (χ4v) is 3.37. The summed E-state index contributed by atoms with van der Waals surface area (Å²) in [6, 6.07) is 22.3. The number of anilines is 1. The zero-order valence-electron chi connectivity index (χ0n) is 13.8. The average molecular weight is 329 g/mol. The van der Waals surface area contributed by atoms with Crippen LogP contribution in [-0.4, -0.2) is 22.5 Å². The van der Waals surface area contributed by atoms with Crippen LogP contribution >= 0.6 is 0 Å². The fourth-order valence-electron chi connectivity index (χ4n) is 3.37. The molecule has 1 aliphatic rings. The minimum atomic E-state index is -0.0818. The van der Waals surface area contributed by atoms with Crippen LogP contribution < -0.4 is 5.32 Å². The van der Waals surface area contributed by atoms with Gasteiger partial charge in [-0.2, -0.15) is 0 Å². The van der Waals surface area contributed by atoms with Crippen molar-refractivity contribution in [3.05, 3.63) is 95.8 Å². The van der Waals surface area contributed by atoms with E-state index in [-0.39, 0.29) is 11.9 Å². The van der Waals surface area contributed by atoms with Crippen LogP contribution in [0.5, 0.6) is 0 Å². The number of pyridine rings is 1. The molecule has 0 radical (unpaired) electrons. The van der Waals surface area contributed by atoms with Gasteiger partial charge in [0, 0.05) is 37.1 Å². The molecule has 0 saturated heterocycles. The first kappa shape index (κ1) is 15.4. The molecular formula is C21H19N3O. The summed E-state index contributed by atoms with van der Waals surface area (Å²) in [4.78, 5) is 18.6. The molecule has 4 rings (SSSR count). The van der Waals surface area contributed by atoms with Gasteiger partial charge in [-0.25, -0.2) is 4.79 Å². The molecule has 124 valence electrons. The van der Waals surface area contributed by atoms with Gasteiger partial charge in [0.25, 0.3) is 0 Å². The van der Waals surface area contributed by atoms with Crippen molar-refractivity contribution < 1.29 is 4.79 Å². The Bertz CT molecular complexity index is 865. The highest BCUT2D eigenvalue weighted by Gasteiger charge is 2.28. The van der Waals surface area contributed by atoms with Gasteiger partial charge in [-0.1, -0.05) is 54.6 Å². The number of rotatable bonds is 2. The number of hydrogen-bond acceptors (Lipinski definition) is 2. The van der Waals surface area contributed by atoms with E-state index < -0.39 is 0 Å². The van der Waals surface area contributed by atoms with E-state index in [0.29, 0.717) is 13.1 Å². The van der Waals surface area contributed by atoms with Gasteiger partial charge in [0.15, 0.2) is 0 Å². The summed E-state index contributed by atoms with van der Waals surface area (Å²) in [6.45, 7) is 1.29. The summed E-state index contributed by atoms with van der Waals surface area (Å²) >= 11 is 0. The lowest BCUT2D eigenvalue weighted by molar-refractivity contribution is 0.203. The molecule has 1 unspecified atom stereocenters. The first-order chi connectivity index (χ1) is 12.3. The highest BCUT2D eigenvalue weighted by Crippen LogP contribution is 2.33. The molecular weight excluding hydrogens is 310 g/mol. The molecule has 2 heterocycles. The third kappa shape index (κ3) is 3.24. The highest BCUT2D eigenvalue weighted by atomic mass is 16.2. The standard InChI is InChI=1S/C21H19N3O/c25-21(23-18-10-12-22-13-11-18)24-14-17-8-4-5-9-19(17)20(15-24)16-6-2-1-3-7-16/h1-13,20H,14-15H2,(H,22,23,25). The maximum absolute atomic E-state index is 12.7. The van der Waals surface area contributed by atoms with Crippen molar-refractivity contribution in [1.82, 2.24) is 9.88 Å². The third-order valence-corrected chi connectivity index (χ3v) is 4.62. The van der Waals surface area contributed by atoms with Crippen LogP contribution in [0, 0.1) is 0 Å². The molecule has 3 aromatic rings. The van der Waals surface area contributed by atoms with Crippen molar-refractivity contribution in [2.45, 2.75) is 12.5 Å². The number of nitrogens with zero attached hydrogens (tertiary/aromatic N) is 2. The Labute approximate surface area is 147 Å². The van der Waals surface area contributed by atoms with Gasteiger partial charge in [0.2, 0.25) is 0 Å². The molecule has 4 nitrogen and oxygen atoms in total. The van der Waals surface area contributed by atoms with Crippen molar-refractivity contribution in [3.63, 3.8) is 0 Å². The van der Waals surface area contributed by atoms with E-state index in [0.717, 1.165) is 5.69 Å². The van der Waals surface area contributed by atoms with Gasteiger partial charge in [-0.3, -0.25) is 4.98 Å². The largest absolute Gasteiger partial charge is 0.322 e. The van der Waals surface area contributed by atoms with Crippen LogP contribution in [0.3, 0.4) is 0 Å². The zero-order valence-corrected chi connectivity index (χ0v) is 13.8. The molecule has 0 saturated carbocycles. The van der Waals surface area contributed by atoms with Crippen molar-refractivity contribution in [1.29, 1.82) is 0 Å². The van der Waals surface area contributed by atoms with E-state index >= 15 is 0 Å². The molecule has 25 heavy (non-hydrogen) atoms. The number of aromatic nitrogens is 1. The van der Waals surface area contributed by atoms with Gasteiger partial charge >= 0.3 is 6.03 Å². The summed E-state index contributed by atoms with van der Waals surface area (Å²) in [5.41, 5.74) is 4.50. The first-order valence-electron chi connectivity index (χ1n) is 8.40. The second-order valence-electron chi connectivity index (χ2n) is 6.21.